The highest BCUT2D eigenvalue weighted by molar-refractivity contribution is 4.94. The van der Waals surface area contributed by atoms with E-state index in [1.165, 1.54) is 6.42 Å². The normalized spacial score (nSPS) is 53.4. The van der Waals surface area contributed by atoms with Gasteiger partial charge in [0.15, 0.2) is 0 Å². The number of aliphatic hydroxyl groups excluding tert-OH is 1. The lowest BCUT2D eigenvalue weighted by Crippen LogP contribution is -2.24. The van der Waals surface area contributed by atoms with E-state index >= 15 is 0 Å². The highest BCUT2D eigenvalue weighted by atomic mass is 16.3. The monoisotopic (exact) mass is 141 g/mol. The average Bonchev–Trinajstić information content (AvgIpc) is 2.43. The molecule has 2 rings (SSSR count). The molecule has 0 aliphatic heterocycles. The van der Waals surface area contributed by atoms with Crippen molar-refractivity contribution in [3.05, 3.63) is 0 Å². The molecule has 0 aromatic rings. The molecule has 0 bridgehead atoms. The van der Waals surface area contributed by atoms with Crippen LogP contribution >= 0.6 is 0 Å². The van der Waals surface area contributed by atoms with Crippen molar-refractivity contribution in [2.45, 2.75) is 37.8 Å². The SMILES string of the molecule is NC1CC(O)CC2CC2C1. The maximum absolute atomic E-state index is 9.38. The van der Waals surface area contributed by atoms with Crippen LogP contribution < -0.4 is 5.73 Å². The Kier molecular flexibility index (Phi) is 1.46. The van der Waals surface area contributed by atoms with Crippen LogP contribution in [0.5, 0.6) is 0 Å². The van der Waals surface area contributed by atoms with Crippen LogP contribution in [0.1, 0.15) is 25.7 Å². The van der Waals surface area contributed by atoms with Crippen LogP contribution in [0.4, 0.5) is 0 Å². The average molecular weight is 141 g/mol. The topological polar surface area (TPSA) is 46.2 Å². The zero-order valence-corrected chi connectivity index (χ0v) is 6.16. The Labute approximate surface area is 61.4 Å². The first-order chi connectivity index (χ1) is 4.75. The van der Waals surface area contributed by atoms with Gasteiger partial charge in [0.2, 0.25) is 0 Å². The van der Waals surface area contributed by atoms with Gasteiger partial charge in [-0.15, -0.1) is 0 Å². The molecule has 0 amide bonds. The van der Waals surface area contributed by atoms with Gasteiger partial charge in [-0.2, -0.15) is 0 Å². The zero-order chi connectivity index (χ0) is 7.14. The van der Waals surface area contributed by atoms with Gasteiger partial charge in [0.05, 0.1) is 6.10 Å². The smallest absolute Gasteiger partial charge is 0.0557 e. The number of rotatable bonds is 0. The Morgan fingerprint density at radius 3 is 2.50 bits per heavy atom. The molecule has 0 radical (unpaired) electrons. The predicted molar refractivity (Wildman–Crippen MR) is 39.4 cm³/mol. The molecule has 2 saturated carbocycles. The quantitative estimate of drug-likeness (QED) is 0.516. The van der Waals surface area contributed by atoms with E-state index in [4.69, 9.17) is 5.73 Å². The molecular weight excluding hydrogens is 126 g/mol. The molecule has 4 atom stereocenters. The summed E-state index contributed by atoms with van der Waals surface area (Å²) in [5, 5.41) is 9.38. The van der Waals surface area contributed by atoms with Gasteiger partial charge in [-0.25, -0.2) is 0 Å². The number of hydrogen-bond acceptors (Lipinski definition) is 2. The summed E-state index contributed by atoms with van der Waals surface area (Å²) in [7, 11) is 0. The fourth-order valence-electron chi connectivity index (χ4n) is 2.17. The van der Waals surface area contributed by atoms with E-state index in [0.29, 0.717) is 0 Å². The molecule has 10 heavy (non-hydrogen) atoms. The van der Waals surface area contributed by atoms with Crippen molar-refractivity contribution >= 4 is 0 Å². The molecule has 2 fully saturated rings. The van der Waals surface area contributed by atoms with Crippen molar-refractivity contribution in [1.29, 1.82) is 0 Å². The number of hydrogen-bond donors (Lipinski definition) is 2. The van der Waals surface area contributed by atoms with Crippen LogP contribution in [0.2, 0.25) is 0 Å². The minimum atomic E-state index is -0.104. The van der Waals surface area contributed by atoms with E-state index in [0.717, 1.165) is 31.1 Å². The zero-order valence-electron chi connectivity index (χ0n) is 6.16. The van der Waals surface area contributed by atoms with Gasteiger partial charge in [-0.3, -0.25) is 0 Å². The van der Waals surface area contributed by atoms with Crippen LogP contribution in [0.25, 0.3) is 0 Å². The highest BCUT2D eigenvalue weighted by Gasteiger charge is 2.41. The lowest BCUT2D eigenvalue weighted by Gasteiger charge is -2.11. The summed E-state index contributed by atoms with van der Waals surface area (Å²) in [5.41, 5.74) is 5.78. The first-order valence-corrected chi connectivity index (χ1v) is 4.19. The van der Waals surface area contributed by atoms with E-state index < -0.39 is 0 Å². The second-order valence-corrected chi connectivity index (χ2v) is 3.88. The molecule has 2 heteroatoms. The van der Waals surface area contributed by atoms with E-state index in [1.807, 2.05) is 0 Å². The van der Waals surface area contributed by atoms with Crippen molar-refractivity contribution in [3.8, 4) is 0 Å². The third-order valence-corrected chi connectivity index (χ3v) is 2.82. The standard InChI is InChI=1S/C8H15NO/c9-7-2-5-1-6(5)3-8(10)4-7/h5-8,10H,1-4,9H2. The lowest BCUT2D eigenvalue weighted by molar-refractivity contribution is 0.145. The minimum Gasteiger partial charge on any atom is -0.393 e. The van der Waals surface area contributed by atoms with Crippen LogP contribution in [0, 0.1) is 11.8 Å². The Hall–Kier alpha value is -0.0800. The van der Waals surface area contributed by atoms with Crippen molar-refractivity contribution in [2.75, 3.05) is 0 Å². The number of aliphatic hydroxyl groups is 1. The van der Waals surface area contributed by atoms with E-state index in [1.54, 1.807) is 0 Å². The van der Waals surface area contributed by atoms with Gasteiger partial charge in [0.1, 0.15) is 0 Å². The number of nitrogens with two attached hydrogens (primary N) is 1. The van der Waals surface area contributed by atoms with Gasteiger partial charge in [0, 0.05) is 6.04 Å². The van der Waals surface area contributed by atoms with Crippen LogP contribution in [0.15, 0.2) is 0 Å². The molecule has 2 aliphatic rings. The fourth-order valence-corrected chi connectivity index (χ4v) is 2.17. The molecule has 4 unspecified atom stereocenters. The van der Waals surface area contributed by atoms with Gasteiger partial charge < -0.3 is 10.8 Å². The highest BCUT2D eigenvalue weighted by Crippen LogP contribution is 2.47. The Morgan fingerprint density at radius 1 is 1.00 bits per heavy atom. The molecule has 2 aliphatic carbocycles. The first kappa shape index (κ1) is 6.62. The van der Waals surface area contributed by atoms with E-state index in [2.05, 4.69) is 0 Å². The largest absolute Gasteiger partial charge is 0.393 e. The summed E-state index contributed by atoms with van der Waals surface area (Å²) in [6.45, 7) is 0. The Bertz CT molecular complexity index is 119. The van der Waals surface area contributed by atoms with Gasteiger partial charge >= 0.3 is 0 Å². The van der Waals surface area contributed by atoms with Gasteiger partial charge in [0.25, 0.3) is 0 Å². The summed E-state index contributed by atoms with van der Waals surface area (Å²) in [6, 6.07) is 0.271. The third kappa shape index (κ3) is 1.18. The molecule has 0 saturated heterocycles. The minimum absolute atomic E-state index is 0.104. The van der Waals surface area contributed by atoms with Crippen molar-refractivity contribution in [1.82, 2.24) is 0 Å². The molecule has 0 aromatic carbocycles. The fraction of sp³-hybridized carbons (Fsp3) is 1.00. The second kappa shape index (κ2) is 2.21. The summed E-state index contributed by atoms with van der Waals surface area (Å²) < 4.78 is 0. The third-order valence-electron chi connectivity index (χ3n) is 2.82. The Morgan fingerprint density at radius 2 is 1.70 bits per heavy atom. The number of fused-ring (bicyclic) bond motifs is 1. The lowest BCUT2D eigenvalue weighted by atomic mass is 10.1. The maximum atomic E-state index is 9.38. The van der Waals surface area contributed by atoms with Gasteiger partial charge in [-0.1, -0.05) is 0 Å². The van der Waals surface area contributed by atoms with Crippen molar-refractivity contribution in [2.24, 2.45) is 17.6 Å². The van der Waals surface area contributed by atoms with E-state index in [-0.39, 0.29) is 12.1 Å². The summed E-state index contributed by atoms with van der Waals surface area (Å²) in [6.07, 6.45) is 4.21. The van der Waals surface area contributed by atoms with Gasteiger partial charge in [-0.05, 0) is 37.5 Å². The maximum Gasteiger partial charge on any atom is 0.0557 e. The molecule has 58 valence electrons. The van der Waals surface area contributed by atoms with Crippen LogP contribution in [-0.4, -0.2) is 17.3 Å². The molecule has 0 spiro atoms. The molecule has 0 heterocycles. The van der Waals surface area contributed by atoms with Crippen LogP contribution in [0.3, 0.4) is 0 Å². The second-order valence-electron chi connectivity index (χ2n) is 3.88. The van der Waals surface area contributed by atoms with Crippen LogP contribution in [-0.2, 0) is 0 Å². The summed E-state index contributed by atoms with van der Waals surface area (Å²) in [4.78, 5) is 0. The van der Waals surface area contributed by atoms with E-state index in [9.17, 15) is 5.11 Å². The summed E-state index contributed by atoms with van der Waals surface area (Å²) >= 11 is 0. The molecule has 2 nitrogen and oxygen atoms in total. The molecular formula is C8H15NO. The Balaban J connectivity index is 1.96. The summed E-state index contributed by atoms with van der Waals surface area (Å²) in [5.74, 6) is 1.69. The van der Waals surface area contributed by atoms with Crippen molar-refractivity contribution < 1.29 is 5.11 Å². The first-order valence-electron chi connectivity index (χ1n) is 4.19. The van der Waals surface area contributed by atoms with Crippen molar-refractivity contribution in [3.63, 3.8) is 0 Å². The molecule has 0 aromatic heterocycles. The molecule has 3 N–H and O–H groups in total. The predicted octanol–water partition coefficient (Wildman–Crippen LogP) is 0.495.